The molecule has 680 valence electrons. The van der Waals surface area contributed by atoms with E-state index in [1.54, 1.807) is 78.9 Å². The standard InChI is InChI=1S/C22H18Cl2N2O3S.C13H14O4.2C12H14O2.C11H12O2.2C9H6Cl2N2S.C8H6Cl2O.C2H4O/c1-29-21(28)16-5-3-12-8-15(4-2-13(12)9-16)20(27)26-22-25-19(11-30-22)14-6-7-17(23)18(24)10-14;1-17-13(16)11-5-3-8-6-10(12(14)15)4-2-9(8)7-11;2*1-14-12(13)11-7-6-9-4-2-3-5-10(9)8-11;12-11(13)10-6-5-8-3-1-2-4-9(8)7-10;2*10-6-2-1-5(3-7(6)11)8-4-14-9(12)13-8;1-5(11)6-2-3-7(9)8(10)4-6;1-2-3/h2,4,6-8,10-11,16H,3,5,9H2,1H3,(H,25,26,27);2,4,6,11H,3,5,7H2,1H3,(H,14,15);2*2-5,11H,6-8H2,1H3;1-4,10H,5-7H2,(H,12,13);2*1-4H,(H2,12,13);2-4H,1H3;2H,1H3. The fourth-order valence-electron chi connectivity index (χ4n) is 14.7. The van der Waals surface area contributed by atoms with Gasteiger partial charge in [-0.3, -0.25) is 38.9 Å². The highest BCUT2D eigenvalue weighted by atomic mass is 35.5. The SMILES string of the molecule is CC(=O)c1ccc(Cl)c(Cl)c1.CC=O.COC(=O)C1CCc2cc(C(=O)Nc3nc(-c4ccc(Cl)c(Cl)c4)cs3)ccc2C1.COC(=O)C1CCc2cc(C(=O)O)ccc2C1.COC(=O)C1CCc2ccccc2C1.COC(=O)C1CCc2ccccc2C1.Nc1nc(-c2ccc(Cl)c(Cl)c2)cs1.Nc1nc(-c2ccc(Cl)c(Cl)c2)cs1.O=C(O)C1CCc2ccccc2C1. The monoisotopic (exact) mass is 1970 g/mol. The third kappa shape index (κ3) is 30.5. The summed E-state index contributed by atoms with van der Waals surface area (Å²) in [6.45, 7) is 2.93. The van der Waals surface area contributed by atoms with Crippen LogP contribution in [-0.4, -0.2) is 107 Å². The van der Waals surface area contributed by atoms with Crippen LogP contribution >= 0.6 is 127 Å². The predicted octanol–water partition coefficient (Wildman–Crippen LogP) is 23.9. The van der Waals surface area contributed by atoms with Gasteiger partial charge >= 0.3 is 35.8 Å². The molecule has 21 nitrogen and oxygen atoms in total. The number of benzene rings is 9. The molecule has 130 heavy (non-hydrogen) atoms. The number of carbonyl (C=O) groups excluding carboxylic acids is 7. The van der Waals surface area contributed by atoms with Gasteiger partial charge in [-0.05, 0) is 245 Å². The van der Waals surface area contributed by atoms with Crippen LogP contribution in [0.15, 0.2) is 198 Å². The molecule has 17 rings (SSSR count). The quantitative estimate of drug-likeness (QED) is 0.0328. The molecule has 3 aromatic heterocycles. The molecule has 0 radical (unpaired) electrons. The number of ketones is 1. The van der Waals surface area contributed by atoms with E-state index >= 15 is 0 Å². The number of hydrogen-bond donors (Lipinski definition) is 5. The van der Waals surface area contributed by atoms with Gasteiger partial charge in [-0.15, -0.1) is 34.0 Å². The Hall–Kier alpha value is -10.6. The van der Waals surface area contributed by atoms with Crippen LogP contribution in [0.1, 0.15) is 133 Å². The van der Waals surface area contributed by atoms with E-state index in [0.29, 0.717) is 97.2 Å². The summed E-state index contributed by atoms with van der Waals surface area (Å²) < 4.78 is 19.1. The smallest absolute Gasteiger partial charge is 0.335 e. The van der Waals surface area contributed by atoms with Crippen molar-refractivity contribution in [1.82, 2.24) is 15.0 Å². The molecule has 12 aromatic rings. The van der Waals surface area contributed by atoms with Crippen LogP contribution in [-0.2, 0) is 112 Å². The van der Waals surface area contributed by atoms with Gasteiger partial charge in [-0.1, -0.05) is 196 Å². The van der Waals surface area contributed by atoms with Crippen LogP contribution < -0.4 is 16.8 Å². The number of fused-ring (bicyclic) bond motifs is 5. The third-order valence-electron chi connectivity index (χ3n) is 21.6. The summed E-state index contributed by atoms with van der Waals surface area (Å²) in [5.41, 5.74) is 29.7. The summed E-state index contributed by atoms with van der Waals surface area (Å²) in [5, 5.41) is 31.8. The molecule has 0 spiro atoms. The minimum atomic E-state index is -0.914. The van der Waals surface area contributed by atoms with Crippen LogP contribution in [0, 0.1) is 29.6 Å². The molecule has 0 bridgehead atoms. The zero-order chi connectivity index (χ0) is 94.3. The van der Waals surface area contributed by atoms with Crippen molar-refractivity contribution in [2.24, 2.45) is 29.6 Å². The van der Waals surface area contributed by atoms with Gasteiger partial charge in [0.15, 0.2) is 21.2 Å². The van der Waals surface area contributed by atoms with Gasteiger partial charge in [0.05, 0.1) is 121 Å². The average molecular weight is 1980 g/mol. The first-order chi connectivity index (χ1) is 62.3. The van der Waals surface area contributed by atoms with Gasteiger partial charge in [-0.25, -0.2) is 19.7 Å². The lowest BCUT2D eigenvalue weighted by molar-refractivity contribution is -0.146. The average Bonchev–Trinajstić information content (AvgIpc) is 0.923. The molecule has 3 heterocycles. The number of anilines is 3. The van der Waals surface area contributed by atoms with E-state index < -0.39 is 11.9 Å². The Morgan fingerprint density at radius 2 is 0.662 bits per heavy atom. The highest BCUT2D eigenvalue weighted by Crippen LogP contribution is 2.37. The second-order valence-corrected chi connectivity index (χ2v) is 36.0. The lowest BCUT2D eigenvalue weighted by Gasteiger charge is -2.23. The second kappa shape index (κ2) is 51.3. The number of carboxylic acids is 2. The second-order valence-electron chi connectivity index (χ2n) is 30.1. The number of carboxylic acid groups (broad SMARTS) is 2. The number of nitrogens with two attached hydrogens (primary N) is 2. The van der Waals surface area contributed by atoms with Gasteiger partial charge in [0.2, 0.25) is 0 Å². The van der Waals surface area contributed by atoms with E-state index in [9.17, 15) is 38.4 Å². The van der Waals surface area contributed by atoms with E-state index in [4.69, 9.17) is 138 Å². The van der Waals surface area contributed by atoms with E-state index in [1.807, 2.05) is 76.8 Å². The number of esters is 4. The Morgan fingerprint density at radius 1 is 0.369 bits per heavy atom. The maximum atomic E-state index is 12.7. The van der Waals surface area contributed by atoms with Gasteiger partial charge in [0.1, 0.15) is 6.29 Å². The number of aryl methyl sites for hydroxylation is 5. The number of aromatic nitrogens is 3. The van der Waals surface area contributed by atoms with Crippen molar-refractivity contribution in [1.29, 1.82) is 0 Å². The van der Waals surface area contributed by atoms with Gasteiger partial charge < -0.3 is 45.4 Å². The number of nitrogens with one attached hydrogen (secondary N) is 1. The van der Waals surface area contributed by atoms with Crippen LogP contribution in [0.5, 0.6) is 0 Å². The van der Waals surface area contributed by atoms with Crippen molar-refractivity contribution in [2.45, 2.75) is 110 Å². The molecule has 1 amide bonds. The molecule has 0 aliphatic heterocycles. The summed E-state index contributed by atoms with van der Waals surface area (Å²) in [4.78, 5) is 113. The normalized spacial score (nSPS) is 15.5. The number of aldehydes is 1. The maximum absolute atomic E-state index is 12.7. The van der Waals surface area contributed by atoms with Crippen LogP contribution in [0.3, 0.4) is 0 Å². The highest BCUT2D eigenvalue weighted by molar-refractivity contribution is 7.14. The first-order valence-corrected chi connectivity index (χ1v) is 46.6. The number of aromatic carboxylic acids is 1. The van der Waals surface area contributed by atoms with Crippen LogP contribution in [0.2, 0.25) is 40.2 Å². The van der Waals surface area contributed by atoms with Crippen molar-refractivity contribution < 1.29 is 72.3 Å². The summed E-state index contributed by atoms with van der Waals surface area (Å²) in [6, 6.07) is 56.3. The number of aliphatic carboxylic acids is 1. The Labute approximate surface area is 806 Å². The van der Waals surface area contributed by atoms with Crippen molar-refractivity contribution >= 4 is 196 Å². The molecule has 9 aromatic carbocycles. The summed E-state index contributed by atoms with van der Waals surface area (Å²) in [6.07, 6.45) is 12.9. The lowest BCUT2D eigenvalue weighted by Crippen LogP contribution is -2.24. The minimum absolute atomic E-state index is 0.0106. The number of nitrogen functional groups attached to an aromatic ring is 2. The van der Waals surface area contributed by atoms with Crippen molar-refractivity contribution in [3.63, 3.8) is 0 Å². The molecule has 5 unspecified atom stereocenters. The number of halogens is 8. The predicted molar refractivity (Wildman–Crippen MR) is 520 cm³/mol. The summed E-state index contributed by atoms with van der Waals surface area (Å²) >= 11 is 50.9. The molecule has 5 aliphatic rings. The van der Waals surface area contributed by atoms with Gasteiger partial charge in [0.25, 0.3) is 5.91 Å². The van der Waals surface area contributed by atoms with Crippen LogP contribution in [0.4, 0.5) is 15.4 Å². The van der Waals surface area contributed by atoms with Crippen LogP contribution in [0.25, 0.3) is 33.8 Å². The fraction of sp³-hybridized carbons (Fsp3) is 0.265. The molecular formula is C98H94Cl8N6O15S3. The largest absolute Gasteiger partial charge is 0.481 e. The summed E-state index contributed by atoms with van der Waals surface area (Å²) in [5.74, 6) is -2.55. The Kier molecular flexibility index (Phi) is 40.7. The van der Waals surface area contributed by atoms with Crippen molar-refractivity contribution in [3.05, 3.63) is 311 Å². The first kappa shape index (κ1) is 103. The van der Waals surface area contributed by atoms with Crippen molar-refractivity contribution in [2.75, 3.05) is 45.2 Å². The molecule has 7 N–H and O–H groups in total. The molecule has 0 fully saturated rings. The van der Waals surface area contributed by atoms with E-state index in [0.717, 1.165) is 134 Å². The molecule has 32 heteroatoms. The maximum Gasteiger partial charge on any atom is 0.335 e. The number of thiazole rings is 3. The molecule has 5 aliphatic carbocycles. The fourth-order valence-corrected chi connectivity index (χ4v) is 17.8. The topological polar surface area (TPSA) is 334 Å². The zero-order valence-corrected chi connectivity index (χ0v) is 80.1. The van der Waals surface area contributed by atoms with E-state index in [-0.39, 0.29) is 65.2 Å². The number of Topliss-reactive ketones (excluding diaryl/α,β-unsaturated/α-hetero) is 1. The van der Waals surface area contributed by atoms with E-state index in [2.05, 4.69) is 62.7 Å². The number of hydrogen-bond acceptors (Lipinski definition) is 21. The summed E-state index contributed by atoms with van der Waals surface area (Å²) in [7, 11) is 5.73. The number of amides is 1. The van der Waals surface area contributed by atoms with Gasteiger partial charge in [-0.2, -0.15) is 0 Å². The third-order valence-corrected chi connectivity index (χ3v) is 26.7. The minimum Gasteiger partial charge on any atom is -0.481 e. The number of nitrogens with zero attached hydrogens (tertiary/aromatic N) is 3. The Morgan fingerprint density at radius 3 is 0.985 bits per heavy atom. The molecule has 0 saturated carbocycles. The number of methoxy groups -OCH3 is 4. The molecule has 5 atom stereocenters. The van der Waals surface area contributed by atoms with E-state index in [1.165, 1.54) is 110 Å². The van der Waals surface area contributed by atoms with Gasteiger partial charge in [0, 0.05) is 44.0 Å². The first-order valence-electron chi connectivity index (χ1n) is 40.9. The molecule has 0 saturated heterocycles. The number of ether oxygens (including phenoxy) is 4. The van der Waals surface area contributed by atoms with Crippen molar-refractivity contribution in [3.8, 4) is 33.8 Å². The number of carbonyl (C=O) groups is 9. The Balaban J connectivity index is 0.000000170. The molecular weight excluding hydrogens is 1880 g/mol. The highest BCUT2D eigenvalue weighted by Gasteiger charge is 2.30. The lowest BCUT2D eigenvalue weighted by atomic mass is 9.83. The zero-order valence-electron chi connectivity index (χ0n) is 71.6. The number of rotatable bonds is 12. The Bertz CT molecular complexity index is 5830.